The number of pyridine rings is 1. The summed E-state index contributed by atoms with van der Waals surface area (Å²) in [5.41, 5.74) is 7.53. The number of hydrogen-bond acceptors (Lipinski definition) is 3. The highest BCUT2D eigenvalue weighted by atomic mass is 16.1. The van der Waals surface area contributed by atoms with Crippen LogP contribution in [0.5, 0.6) is 0 Å². The van der Waals surface area contributed by atoms with Crippen LogP contribution in [-0.2, 0) is 11.2 Å². The molecule has 120 valence electrons. The highest BCUT2D eigenvalue weighted by Crippen LogP contribution is 2.54. The van der Waals surface area contributed by atoms with Crippen LogP contribution in [0.4, 0.5) is 0 Å². The standard InChI is InChI=1S/C19H23N3O/c20-17-11-19(17)7-4-15(5-8-19)22-18(23)10-13-2-1-3-14-12-21-9-6-16(13)14/h1-3,6,9,12,15,17H,4-5,7-8,10-11,20H2,(H,22,23). The maximum atomic E-state index is 12.4. The second kappa shape index (κ2) is 5.60. The van der Waals surface area contributed by atoms with Crippen molar-refractivity contribution in [2.75, 3.05) is 0 Å². The first-order chi connectivity index (χ1) is 11.2. The van der Waals surface area contributed by atoms with Gasteiger partial charge in [0.25, 0.3) is 0 Å². The lowest BCUT2D eigenvalue weighted by molar-refractivity contribution is -0.121. The van der Waals surface area contributed by atoms with Gasteiger partial charge in [0.2, 0.25) is 5.91 Å². The van der Waals surface area contributed by atoms with Crippen molar-refractivity contribution in [3.05, 3.63) is 42.2 Å². The molecule has 3 N–H and O–H groups in total. The minimum absolute atomic E-state index is 0.121. The Kier molecular flexibility index (Phi) is 3.57. The first-order valence-electron chi connectivity index (χ1n) is 8.53. The normalized spacial score (nSPS) is 29.6. The molecule has 2 aromatic rings. The molecule has 0 radical (unpaired) electrons. The van der Waals surface area contributed by atoms with E-state index in [0.717, 1.165) is 29.2 Å². The maximum Gasteiger partial charge on any atom is 0.224 e. The Morgan fingerprint density at radius 1 is 1.30 bits per heavy atom. The van der Waals surface area contributed by atoms with Crippen molar-refractivity contribution in [3.8, 4) is 0 Å². The maximum absolute atomic E-state index is 12.4. The molecule has 4 nitrogen and oxygen atoms in total. The van der Waals surface area contributed by atoms with E-state index in [1.807, 2.05) is 30.5 Å². The number of hydrogen-bond donors (Lipinski definition) is 2. The van der Waals surface area contributed by atoms with Gasteiger partial charge in [0.1, 0.15) is 0 Å². The quantitative estimate of drug-likeness (QED) is 0.915. The smallest absolute Gasteiger partial charge is 0.224 e. The van der Waals surface area contributed by atoms with Gasteiger partial charge in [-0.15, -0.1) is 0 Å². The highest BCUT2D eigenvalue weighted by Gasteiger charge is 2.52. The van der Waals surface area contributed by atoms with Crippen LogP contribution < -0.4 is 11.1 Å². The predicted molar refractivity (Wildman–Crippen MR) is 90.9 cm³/mol. The summed E-state index contributed by atoms with van der Waals surface area (Å²) in [6.07, 6.45) is 9.70. The molecule has 1 aromatic heterocycles. The average molecular weight is 309 g/mol. The third-order valence-electron chi connectivity index (χ3n) is 5.72. The van der Waals surface area contributed by atoms with Crippen LogP contribution in [-0.4, -0.2) is 23.0 Å². The molecule has 2 fully saturated rings. The number of nitrogens with two attached hydrogens (primary N) is 1. The van der Waals surface area contributed by atoms with Gasteiger partial charge in [-0.2, -0.15) is 0 Å². The van der Waals surface area contributed by atoms with Gasteiger partial charge in [0.05, 0.1) is 6.42 Å². The van der Waals surface area contributed by atoms with Crippen LogP contribution in [0.25, 0.3) is 10.8 Å². The van der Waals surface area contributed by atoms with Crippen LogP contribution in [0.15, 0.2) is 36.7 Å². The molecule has 0 bridgehead atoms. The molecule has 1 atom stereocenters. The van der Waals surface area contributed by atoms with Crippen LogP contribution >= 0.6 is 0 Å². The second-order valence-electron chi connectivity index (χ2n) is 7.21. The number of benzene rings is 1. The van der Waals surface area contributed by atoms with Gasteiger partial charge < -0.3 is 11.1 Å². The lowest BCUT2D eigenvalue weighted by Gasteiger charge is -2.29. The summed E-state index contributed by atoms with van der Waals surface area (Å²) in [5, 5.41) is 5.42. The van der Waals surface area contributed by atoms with Crippen LogP contribution in [0, 0.1) is 5.41 Å². The third kappa shape index (κ3) is 2.83. The Balaban J connectivity index is 1.38. The van der Waals surface area contributed by atoms with E-state index < -0.39 is 0 Å². The summed E-state index contributed by atoms with van der Waals surface area (Å²) in [6, 6.07) is 8.76. The first-order valence-corrected chi connectivity index (χ1v) is 8.53. The topological polar surface area (TPSA) is 68.0 Å². The summed E-state index contributed by atoms with van der Waals surface area (Å²) in [7, 11) is 0. The minimum atomic E-state index is 0.121. The molecule has 1 amide bonds. The Hall–Kier alpha value is -1.94. The van der Waals surface area contributed by atoms with Gasteiger partial charge in [-0.1, -0.05) is 18.2 Å². The summed E-state index contributed by atoms with van der Waals surface area (Å²) < 4.78 is 0. The number of carbonyl (C=O) groups excluding carboxylic acids is 1. The molecular weight excluding hydrogens is 286 g/mol. The number of carbonyl (C=O) groups is 1. The van der Waals surface area contributed by atoms with Gasteiger partial charge in [0.15, 0.2) is 0 Å². The SMILES string of the molecule is NC1CC12CCC(NC(=O)Cc1cccc3cnccc13)CC2. The molecule has 4 rings (SSSR count). The number of amides is 1. The molecule has 1 unspecified atom stereocenters. The van der Waals surface area contributed by atoms with Crippen molar-refractivity contribution in [2.24, 2.45) is 11.1 Å². The lowest BCUT2D eigenvalue weighted by Crippen LogP contribution is -2.39. The zero-order valence-electron chi connectivity index (χ0n) is 13.3. The molecule has 1 aromatic carbocycles. The fraction of sp³-hybridized carbons (Fsp3) is 0.474. The summed E-state index contributed by atoms with van der Waals surface area (Å²) >= 11 is 0. The Labute approximate surface area is 136 Å². The fourth-order valence-corrected chi connectivity index (χ4v) is 4.09. The molecule has 1 spiro atoms. The van der Waals surface area contributed by atoms with E-state index in [1.165, 1.54) is 19.3 Å². The zero-order chi connectivity index (χ0) is 15.9. The van der Waals surface area contributed by atoms with Crippen molar-refractivity contribution >= 4 is 16.7 Å². The average Bonchev–Trinajstić information content (AvgIpc) is 3.19. The van der Waals surface area contributed by atoms with Gasteiger partial charge in [-0.3, -0.25) is 9.78 Å². The van der Waals surface area contributed by atoms with E-state index in [2.05, 4.69) is 10.3 Å². The minimum Gasteiger partial charge on any atom is -0.353 e. The van der Waals surface area contributed by atoms with Crippen LogP contribution in [0.1, 0.15) is 37.7 Å². The molecule has 1 heterocycles. The predicted octanol–water partition coefficient (Wildman–Crippen LogP) is 2.55. The Morgan fingerprint density at radius 2 is 2.09 bits per heavy atom. The summed E-state index contributed by atoms with van der Waals surface area (Å²) in [5.74, 6) is 0.121. The van der Waals surface area contributed by atoms with E-state index in [0.29, 0.717) is 23.9 Å². The monoisotopic (exact) mass is 309 g/mol. The van der Waals surface area contributed by atoms with Crippen molar-refractivity contribution in [3.63, 3.8) is 0 Å². The van der Waals surface area contributed by atoms with Gasteiger partial charge >= 0.3 is 0 Å². The number of nitrogens with zero attached hydrogens (tertiary/aromatic N) is 1. The molecule has 4 heteroatoms. The second-order valence-corrected chi connectivity index (χ2v) is 7.21. The van der Waals surface area contributed by atoms with Gasteiger partial charge in [-0.05, 0) is 54.5 Å². The Bertz CT molecular complexity index is 729. The fourth-order valence-electron chi connectivity index (χ4n) is 4.09. The molecule has 0 saturated heterocycles. The summed E-state index contributed by atoms with van der Waals surface area (Å²) in [4.78, 5) is 16.6. The molecule has 23 heavy (non-hydrogen) atoms. The van der Waals surface area contributed by atoms with E-state index in [9.17, 15) is 4.79 Å². The van der Waals surface area contributed by atoms with Crippen molar-refractivity contribution < 1.29 is 4.79 Å². The zero-order valence-corrected chi connectivity index (χ0v) is 13.3. The number of fused-ring (bicyclic) bond motifs is 1. The summed E-state index contributed by atoms with van der Waals surface area (Å²) in [6.45, 7) is 0. The van der Waals surface area contributed by atoms with Crippen LogP contribution in [0.3, 0.4) is 0 Å². The largest absolute Gasteiger partial charge is 0.353 e. The highest BCUT2D eigenvalue weighted by molar-refractivity contribution is 5.89. The van der Waals surface area contributed by atoms with E-state index in [4.69, 9.17) is 5.73 Å². The van der Waals surface area contributed by atoms with E-state index >= 15 is 0 Å². The number of aromatic nitrogens is 1. The van der Waals surface area contributed by atoms with Crippen molar-refractivity contribution in [1.29, 1.82) is 0 Å². The number of rotatable bonds is 3. The van der Waals surface area contributed by atoms with Crippen LogP contribution in [0.2, 0.25) is 0 Å². The molecule has 0 aliphatic heterocycles. The van der Waals surface area contributed by atoms with Crippen molar-refractivity contribution in [1.82, 2.24) is 10.3 Å². The molecule has 2 aliphatic carbocycles. The van der Waals surface area contributed by atoms with E-state index in [1.54, 1.807) is 6.20 Å². The van der Waals surface area contributed by atoms with Gasteiger partial charge in [-0.25, -0.2) is 0 Å². The third-order valence-corrected chi connectivity index (χ3v) is 5.72. The van der Waals surface area contributed by atoms with E-state index in [-0.39, 0.29) is 5.91 Å². The molecule has 2 aliphatic rings. The molecular formula is C19H23N3O. The van der Waals surface area contributed by atoms with Crippen molar-refractivity contribution in [2.45, 2.75) is 50.6 Å². The number of nitrogens with one attached hydrogen (secondary N) is 1. The Morgan fingerprint density at radius 3 is 2.83 bits per heavy atom. The molecule has 2 saturated carbocycles. The first kappa shape index (κ1) is 14.6. The lowest BCUT2D eigenvalue weighted by atomic mass is 9.83. The van der Waals surface area contributed by atoms with Gasteiger partial charge in [0, 0.05) is 29.9 Å².